The second kappa shape index (κ2) is 3.92. The molecule has 1 atom stereocenters. The van der Waals surface area contributed by atoms with Gasteiger partial charge in [0.25, 0.3) is 0 Å². The number of nitrogen functional groups attached to an aromatic ring is 1. The van der Waals surface area contributed by atoms with E-state index < -0.39 is 0 Å². The molecule has 0 aromatic carbocycles. The zero-order chi connectivity index (χ0) is 8.97. The van der Waals surface area contributed by atoms with Crippen LogP contribution in [-0.4, -0.2) is 22.7 Å². The molecule has 0 amide bonds. The Bertz CT molecular complexity index is 250. The van der Waals surface area contributed by atoms with Gasteiger partial charge in [0.05, 0.1) is 11.8 Å². The first-order valence-corrected chi connectivity index (χ1v) is 3.82. The second-order valence-corrected chi connectivity index (χ2v) is 2.67. The van der Waals surface area contributed by atoms with Crippen LogP contribution in [0.5, 0.6) is 0 Å². The van der Waals surface area contributed by atoms with E-state index in [1.807, 2.05) is 6.07 Å². The number of hydrogen-bond acceptors (Lipinski definition) is 4. The largest absolute Gasteiger partial charge is 0.392 e. The summed E-state index contributed by atoms with van der Waals surface area (Å²) in [5, 5.41) is 12.0. The number of rotatable bonds is 3. The molecule has 4 N–H and O–H groups in total. The van der Waals surface area contributed by atoms with E-state index >= 15 is 0 Å². The zero-order valence-electron chi connectivity index (χ0n) is 6.99. The highest BCUT2D eigenvalue weighted by atomic mass is 16.3. The number of aliphatic hydroxyl groups is 1. The first kappa shape index (κ1) is 8.80. The van der Waals surface area contributed by atoms with E-state index in [1.54, 1.807) is 19.2 Å². The molecule has 0 saturated carbocycles. The van der Waals surface area contributed by atoms with Crippen LogP contribution < -0.4 is 11.1 Å². The normalized spacial score (nSPS) is 12.5. The summed E-state index contributed by atoms with van der Waals surface area (Å²) >= 11 is 0. The molecular weight excluding hydrogens is 154 g/mol. The lowest BCUT2D eigenvalue weighted by atomic mass is 10.3. The van der Waals surface area contributed by atoms with Crippen molar-refractivity contribution in [2.75, 3.05) is 17.6 Å². The summed E-state index contributed by atoms with van der Waals surface area (Å²) in [5.74, 6) is 0.457. The lowest BCUT2D eigenvalue weighted by molar-refractivity contribution is 0.208. The Morgan fingerprint density at radius 2 is 2.50 bits per heavy atom. The average Bonchev–Trinajstić information content (AvgIpc) is 2.03. The van der Waals surface area contributed by atoms with Gasteiger partial charge >= 0.3 is 0 Å². The van der Waals surface area contributed by atoms with Crippen LogP contribution in [0.3, 0.4) is 0 Å². The Kier molecular flexibility index (Phi) is 2.88. The summed E-state index contributed by atoms with van der Waals surface area (Å²) in [6.07, 6.45) is 1.24. The van der Waals surface area contributed by atoms with E-state index in [0.717, 1.165) is 5.69 Å². The molecule has 66 valence electrons. The molecule has 12 heavy (non-hydrogen) atoms. The number of nitrogens with zero attached hydrogens (tertiary/aromatic N) is 1. The van der Waals surface area contributed by atoms with Gasteiger partial charge in [-0.05, 0) is 19.1 Å². The fraction of sp³-hybridized carbons (Fsp3) is 0.375. The van der Waals surface area contributed by atoms with Gasteiger partial charge in [-0.25, -0.2) is 4.98 Å². The average molecular weight is 167 g/mol. The van der Waals surface area contributed by atoms with Crippen molar-refractivity contribution in [1.29, 1.82) is 0 Å². The SMILES string of the molecule is CC(O)CNc1cccnc1N. The van der Waals surface area contributed by atoms with Crippen molar-refractivity contribution >= 4 is 11.5 Å². The molecule has 0 spiro atoms. The van der Waals surface area contributed by atoms with Crippen LogP contribution >= 0.6 is 0 Å². The Hall–Kier alpha value is -1.29. The van der Waals surface area contributed by atoms with Gasteiger partial charge in [-0.2, -0.15) is 0 Å². The number of hydrogen-bond donors (Lipinski definition) is 3. The van der Waals surface area contributed by atoms with Gasteiger partial charge in [-0.15, -0.1) is 0 Å². The predicted molar refractivity (Wildman–Crippen MR) is 48.8 cm³/mol. The maximum Gasteiger partial charge on any atom is 0.146 e. The highest BCUT2D eigenvalue weighted by Gasteiger charge is 1.99. The molecule has 0 aliphatic carbocycles. The molecular formula is C8H13N3O. The third kappa shape index (κ3) is 2.39. The number of aliphatic hydroxyl groups excluding tert-OH is 1. The topological polar surface area (TPSA) is 71.2 Å². The van der Waals surface area contributed by atoms with Crippen LogP contribution in [0.25, 0.3) is 0 Å². The van der Waals surface area contributed by atoms with Crippen molar-refractivity contribution < 1.29 is 5.11 Å². The van der Waals surface area contributed by atoms with Crippen molar-refractivity contribution in [2.24, 2.45) is 0 Å². The minimum absolute atomic E-state index is 0.385. The zero-order valence-corrected chi connectivity index (χ0v) is 6.99. The highest BCUT2D eigenvalue weighted by molar-refractivity contribution is 5.60. The molecule has 0 aliphatic rings. The Morgan fingerprint density at radius 1 is 1.75 bits per heavy atom. The van der Waals surface area contributed by atoms with E-state index in [1.165, 1.54) is 0 Å². The molecule has 0 bridgehead atoms. The third-order valence-electron chi connectivity index (χ3n) is 1.43. The number of pyridine rings is 1. The minimum Gasteiger partial charge on any atom is -0.392 e. The molecule has 0 saturated heterocycles. The fourth-order valence-electron chi connectivity index (χ4n) is 0.825. The monoisotopic (exact) mass is 167 g/mol. The standard InChI is InChI=1S/C8H13N3O/c1-6(12)5-11-7-3-2-4-10-8(7)9/h2-4,6,11-12H,5H2,1H3,(H2,9,10). The van der Waals surface area contributed by atoms with Crippen molar-refractivity contribution in [1.82, 2.24) is 4.98 Å². The number of aromatic nitrogens is 1. The van der Waals surface area contributed by atoms with Crippen LogP contribution in [-0.2, 0) is 0 Å². The van der Waals surface area contributed by atoms with Crippen LogP contribution in [0, 0.1) is 0 Å². The molecule has 4 nitrogen and oxygen atoms in total. The number of nitrogens with two attached hydrogens (primary N) is 1. The molecule has 4 heteroatoms. The van der Waals surface area contributed by atoms with Gasteiger partial charge in [0, 0.05) is 12.7 Å². The summed E-state index contributed by atoms with van der Waals surface area (Å²) in [6, 6.07) is 3.62. The van der Waals surface area contributed by atoms with Crippen LogP contribution in [0.15, 0.2) is 18.3 Å². The van der Waals surface area contributed by atoms with Crippen LogP contribution in [0.4, 0.5) is 11.5 Å². The van der Waals surface area contributed by atoms with E-state index in [9.17, 15) is 0 Å². The van der Waals surface area contributed by atoms with Crippen molar-refractivity contribution in [3.63, 3.8) is 0 Å². The summed E-state index contributed by atoms with van der Waals surface area (Å²) < 4.78 is 0. The molecule has 0 aliphatic heterocycles. The molecule has 0 radical (unpaired) electrons. The van der Waals surface area contributed by atoms with E-state index in [-0.39, 0.29) is 6.10 Å². The molecule has 1 unspecified atom stereocenters. The molecule has 1 heterocycles. The maximum absolute atomic E-state index is 8.98. The Balaban J connectivity index is 2.57. The van der Waals surface area contributed by atoms with Crippen molar-refractivity contribution in [3.05, 3.63) is 18.3 Å². The van der Waals surface area contributed by atoms with Gasteiger partial charge in [-0.1, -0.05) is 0 Å². The number of nitrogens with one attached hydrogen (secondary N) is 1. The van der Waals surface area contributed by atoms with Crippen LogP contribution in [0.2, 0.25) is 0 Å². The summed E-state index contributed by atoms with van der Waals surface area (Å²) in [4.78, 5) is 3.89. The molecule has 0 fully saturated rings. The van der Waals surface area contributed by atoms with E-state index in [0.29, 0.717) is 12.4 Å². The highest BCUT2D eigenvalue weighted by Crippen LogP contribution is 2.12. The van der Waals surface area contributed by atoms with Gasteiger partial charge < -0.3 is 16.2 Å². The van der Waals surface area contributed by atoms with E-state index in [2.05, 4.69) is 10.3 Å². The van der Waals surface area contributed by atoms with Crippen LogP contribution in [0.1, 0.15) is 6.92 Å². The number of anilines is 2. The Morgan fingerprint density at radius 3 is 3.08 bits per heavy atom. The summed E-state index contributed by atoms with van der Waals surface area (Å²) in [5.41, 5.74) is 6.31. The summed E-state index contributed by atoms with van der Waals surface area (Å²) in [6.45, 7) is 2.19. The second-order valence-electron chi connectivity index (χ2n) is 2.67. The first-order chi connectivity index (χ1) is 5.70. The Labute approximate surface area is 71.4 Å². The molecule has 1 aromatic rings. The molecule has 1 aromatic heterocycles. The van der Waals surface area contributed by atoms with E-state index in [4.69, 9.17) is 10.8 Å². The van der Waals surface area contributed by atoms with Crippen molar-refractivity contribution in [3.8, 4) is 0 Å². The molecule has 1 rings (SSSR count). The lowest BCUT2D eigenvalue weighted by Crippen LogP contribution is -2.16. The fourth-order valence-corrected chi connectivity index (χ4v) is 0.825. The minimum atomic E-state index is -0.385. The van der Waals surface area contributed by atoms with Gasteiger partial charge in [0.2, 0.25) is 0 Å². The lowest BCUT2D eigenvalue weighted by Gasteiger charge is -2.09. The first-order valence-electron chi connectivity index (χ1n) is 3.82. The maximum atomic E-state index is 8.98. The summed E-state index contributed by atoms with van der Waals surface area (Å²) in [7, 11) is 0. The van der Waals surface area contributed by atoms with Crippen molar-refractivity contribution in [2.45, 2.75) is 13.0 Å². The quantitative estimate of drug-likeness (QED) is 0.611. The third-order valence-corrected chi connectivity index (χ3v) is 1.43. The predicted octanol–water partition coefficient (Wildman–Crippen LogP) is 0.457. The smallest absolute Gasteiger partial charge is 0.146 e. The van der Waals surface area contributed by atoms with Gasteiger partial charge in [0.15, 0.2) is 0 Å². The van der Waals surface area contributed by atoms with Gasteiger partial charge in [0.1, 0.15) is 5.82 Å². The van der Waals surface area contributed by atoms with Gasteiger partial charge in [-0.3, -0.25) is 0 Å².